The maximum atomic E-state index is 4.61. The number of nitrogens with zero attached hydrogens (tertiary/aromatic N) is 2. The van der Waals surface area contributed by atoms with Crippen LogP contribution in [0.2, 0.25) is 0 Å². The van der Waals surface area contributed by atoms with Crippen molar-refractivity contribution >= 4 is 11.1 Å². The zero-order valence-corrected chi connectivity index (χ0v) is 13.9. The van der Waals surface area contributed by atoms with Crippen molar-refractivity contribution in [2.45, 2.75) is 20.8 Å². The Morgan fingerprint density at radius 1 is 0.783 bits per heavy atom. The van der Waals surface area contributed by atoms with Gasteiger partial charge in [0, 0.05) is 12.4 Å². The summed E-state index contributed by atoms with van der Waals surface area (Å²) in [5.74, 6) is 1.44. The molecular weight excluding hydrogens is 280 g/mol. The Hall–Kier alpha value is -2.22. The van der Waals surface area contributed by atoms with Crippen molar-refractivity contribution in [2.24, 2.45) is 23.2 Å². The fourth-order valence-corrected chi connectivity index (χ4v) is 4.18. The van der Waals surface area contributed by atoms with Crippen LogP contribution in [0.5, 0.6) is 0 Å². The lowest BCUT2D eigenvalue weighted by atomic mass is 9.94. The summed E-state index contributed by atoms with van der Waals surface area (Å²) in [6.07, 6.45) is 8.57. The first-order valence-corrected chi connectivity index (χ1v) is 8.35. The smallest absolute Gasteiger partial charge is 0.0661 e. The van der Waals surface area contributed by atoms with Crippen LogP contribution in [0, 0.1) is 23.2 Å². The van der Waals surface area contributed by atoms with E-state index >= 15 is 0 Å². The third kappa shape index (κ3) is 2.33. The van der Waals surface area contributed by atoms with Gasteiger partial charge in [0.1, 0.15) is 0 Å². The number of pyridine rings is 2. The summed E-state index contributed by atoms with van der Waals surface area (Å²) in [7, 11) is 0. The van der Waals surface area contributed by atoms with Crippen LogP contribution in [0.15, 0.2) is 60.9 Å². The van der Waals surface area contributed by atoms with Crippen molar-refractivity contribution in [3.05, 3.63) is 72.3 Å². The van der Waals surface area contributed by atoms with Gasteiger partial charge in [0.25, 0.3) is 0 Å². The molecule has 2 nitrogen and oxygen atoms in total. The van der Waals surface area contributed by atoms with Gasteiger partial charge in [0.2, 0.25) is 0 Å². The molecule has 0 aliphatic heterocycles. The van der Waals surface area contributed by atoms with Gasteiger partial charge in [0.05, 0.1) is 11.4 Å². The average Bonchev–Trinajstić information content (AvgIpc) is 3.18. The molecule has 0 aromatic carbocycles. The largest absolute Gasteiger partial charge is 0.257 e. The Labute approximate surface area is 138 Å². The van der Waals surface area contributed by atoms with Crippen LogP contribution in [-0.2, 0) is 0 Å². The molecule has 116 valence electrons. The molecule has 0 amide bonds. The average molecular weight is 302 g/mol. The first-order valence-electron chi connectivity index (χ1n) is 8.35. The van der Waals surface area contributed by atoms with Gasteiger partial charge >= 0.3 is 0 Å². The van der Waals surface area contributed by atoms with Gasteiger partial charge in [-0.05, 0) is 58.6 Å². The minimum atomic E-state index is 0.257. The molecule has 0 spiro atoms. The highest BCUT2D eigenvalue weighted by atomic mass is 14.7. The highest BCUT2D eigenvalue weighted by Crippen LogP contribution is 2.69. The predicted molar refractivity (Wildman–Crippen MR) is 94.4 cm³/mol. The van der Waals surface area contributed by atoms with E-state index in [1.807, 2.05) is 24.5 Å². The Bertz CT molecular complexity index is 707. The minimum absolute atomic E-state index is 0.257. The second-order valence-electron chi connectivity index (χ2n) is 7.31. The van der Waals surface area contributed by atoms with E-state index in [-0.39, 0.29) is 5.41 Å². The van der Waals surface area contributed by atoms with Crippen LogP contribution in [0.3, 0.4) is 0 Å². The molecule has 23 heavy (non-hydrogen) atoms. The predicted octanol–water partition coefficient (Wildman–Crippen LogP) is 4.87. The number of hydrogen-bond acceptors (Lipinski definition) is 2. The van der Waals surface area contributed by atoms with Gasteiger partial charge < -0.3 is 0 Å². The van der Waals surface area contributed by atoms with Gasteiger partial charge in [-0.15, -0.1) is 0 Å². The zero-order chi connectivity index (χ0) is 16.0. The monoisotopic (exact) mass is 302 g/mol. The second kappa shape index (κ2) is 5.16. The molecule has 2 aromatic rings. The van der Waals surface area contributed by atoms with E-state index in [0.717, 1.165) is 11.4 Å². The Balaban J connectivity index is 1.79. The molecule has 2 atom stereocenters. The molecular formula is C21H22N2. The highest BCUT2D eigenvalue weighted by Gasteiger charge is 2.61. The lowest BCUT2D eigenvalue weighted by Gasteiger charge is -2.12. The summed E-state index contributed by atoms with van der Waals surface area (Å²) in [6, 6.07) is 12.4. The topological polar surface area (TPSA) is 25.8 Å². The molecule has 4 rings (SSSR count). The number of rotatable bonds is 2. The fraction of sp³-hybridized carbons (Fsp3) is 0.333. The van der Waals surface area contributed by atoms with E-state index in [1.165, 1.54) is 11.1 Å². The molecule has 0 N–H and O–H groups in total. The zero-order valence-electron chi connectivity index (χ0n) is 13.9. The summed E-state index contributed by atoms with van der Waals surface area (Å²) in [6.45, 7) is 6.99. The van der Waals surface area contributed by atoms with Crippen LogP contribution in [0.1, 0.15) is 32.2 Å². The van der Waals surface area contributed by atoms with Crippen LogP contribution >= 0.6 is 0 Å². The second-order valence-corrected chi connectivity index (χ2v) is 7.31. The van der Waals surface area contributed by atoms with Crippen LogP contribution in [0.4, 0.5) is 0 Å². The Kier molecular flexibility index (Phi) is 3.22. The van der Waals surface area contributed by atoms with E-state index in [9.17, 15) is 0 Å². The standard InChI is InChI=1S/C21H22N2/c1-14-12-15(17-8-4-6-10-22-17)19-20(21(19,2)3)16(13-14)18-9-5-7-11-23-18/h4-14,19-20H,1-3H3. The van der Waals surface area contributed by atoms with Crippen LogP contribution < -0.4 is 0 Å². The van der Waals surface area contributed by atoms with Gasteiger partial charge in [-0.25, -0.2) is 0 Å². The third-order valence-corrected chi connectivity index (χ3v) is 5.30. The van der Waals surface area contributed by atoms with E-state index in [4.69, 9.17) is 0 Å². The maximum absolute atomic E-state index is 4.61. The number of allylic oxidation sites excluding steroid dienone is 4. The molecule has 2 heterocycles. The molecule has 1 saturated carbocycles. The Morgan fingerprint density at radius 2 is 1.26 bits per heavy atom. The first-order chi connectivity index (χ1) is 11.1. The number of fused-ring (bicyclic) bond motifs is 1. The van der Waals surface area contributed by atoms with Crippen molar-refractivity contribution in [3.8, 4) is 0 Å². The van der Waals surface area contributed by atoms with Gasteiger partial charge in [-0.2, -0.15) is 0 Å². The SMILES string of the molecule is CC1C=C(c2ccccn2)C2C(C(c3ccccn3)=C1)C2(C)C. The van der Waals surface area contributed by atoms with Gasteiger partial charge in [-0.3, -0.25) is 9.97 Å². The molecule has 2 aliphatic rings. The lowest BCUT2D eigenvalue weighted by molar-refractivity contribution is 0.589. The van der Waals surface area contributed by atoms with Crippen molar-refractivity contribution in [1.82, 2.24) is 9.97 Å². The fourth-order valence-electron chi connectivity index (χ4n) is 4.18. The van der Waals surface area contributed by atoms with E-state index in [2.05, 4.69) is 67.2 Å². The third-order valence-electron chi connectivity index (χ3n) is 5.30. The van der Waals surface area contributed by atoms with Gasteiger partial charge in [-0.1, -0.05) is 45.1 Å². The summed E-state index contributed by atoms with van der Waals surface area (Å²) >= 11 is 0. The molecule has 0 radical (unpaired) electrons. The first kappa shape index (κ1) is 14.4. The molecule has 0 bridgehead atoms. The van der Waals surface area contributed by atoms with Crippen molar-refractivity contribution in [2.75, 3.05) is 0 Å². The van der Waals surface area contributed by atoms with Crippen LogP contribution in [-0.4, -0.2) is 9.97 Å². The van der Waals surface area contributed by atoms with Crippen molar-refractivity contribution in [3.63, 3.8) is 0 Å². The quantitative estimate of drug-likeness (QED) is 0.791. The molecule has 0 saturated heterocycles. The molecule has 2 aromatic heterocycles. The number of hydrogen-bond donors (Lipinski definition) is 0. The number of aromatic nitrogens is 2. The highest BCUT2D eigenvalue weighted by molar-refractivity contribution is 5.80. The minimum Gasteiger partial charge on any atom is -0.257 e. The molecule has 2 unspecified atom stereocenters. The summed E-state index contributed by atoms with van der Waals surface area (Å²) in [4.78, 5) is 9.22. The summed E-state index contributed by atoms with van der Waals surface area (Å²) in [5, 5.41) is 0. The molecule has 2 aliphatic carbocycles. The van der Waals surface area contributed by atoms with E-state index in [0.29, 0.717) is 17.8 Å². The molecule has 1 fully saturated rings. The lowest BCUT2D eigenvalue weighted by Crippen LogP contribution is -2.00. The van der Waals surface area contributed by atoms with Crippen molar-refractivity contribution < 1.29 is 0 Å². The Morgan fingerprint density at radius 3 is 1.65 bits per heavy atom. The summed E-state index contributed by atoms with van der Waals surface area (Å²) < 4.78 is 0. The van der Waals surface area contributed by atoms with E-state index in [1.54, 1.807) is 0 Å². The van der Waals surface area contributed by atoms with Gasteiger partial charge in [0.15, 0.2) is 0 Å². The maximum Gasteiger partial charge on any atom is 0.0661 e. The normalized spacial score (nSPS) is 28.2. The summed E-state index contributed by atoms with van der Waals surface area (Å²) in [5.41, 5.74) is 5.30. The van der Waals surface area contributed by atoms with E-state index < -0.39 is 0 Å². The van der Waals surface area contributed by atoms with Crippen LogP contribution in [0.25, 0.3) is 11.1 Å². The van der Waals surface area contributed by atoms with Crippen molar-refractivity contribution in [1.29, 1.82) is 0 Å². The molecule has 2 heteroatoms.